The second kappa shape index (κ2) is 10.4. The van der Waals surface area contributed by atoms with Crippen molar-refractivity contribution in [2.45, 2.75) is 36.5 Å². The number of hydrogen-bond donors (Lipinski definition) is 1. The molecule has 4 rings (SSSR count). The number of anilines is 2. The Labute approximate surface area is 193 Å². The summed E-state index contributed by atoms with van der Waals surface area (Å²) in [7, 11) is 0. The van der Waals surface area contributed by atoms with E-state index in [1.54, 1.807) is 17.8 Å². The van der Waals surface area contributed by atoms with E-state index in [0.717, 1.165) is 46.2 Å². The van der Waals surface area contributed by atoms with Gasteiger partial charge in [0.15, 0.2) is 5.78 Å². The molecule has 0 saturated heterocycles. The summed E-state index contributed by atoms with van der Waals surface area (Å²) in [6.07, 6.45) is 5.27. The zero-order valence-corrected chi connectivity index (χ0v) is 19.2. The van der Waals surface area contributed by atoms with Crippen LogP contribution in [-0.4, -0.2) is 19.0 Å². The Hall–Kier alpha value is -3.18. The zero-order valence-electron chi connectivity index (χ0n) is 18.4. The highest BCUT2D eigenvalue weighted by Crippen LogP contribution is 2.44. The molecule has 0 aliphatic carbocycles. The molecule has 164 valence electrons. The van der Waals surface area contributed by atoms with Crippen molar-refractivity contribution in [1.29, 1.82) is 0 Å². The summed E-state index contributed by atoms with van der Waals surface area (Å²) in [5.41, 5.74) is 3.52. The summed E-state index contributed by atoms with van der Waals surface area (Å²) in [5, 5.41) is 3.43. The van der Waals surface area contributed by atoms with Crippen molar-refractivity contribution in [2.24, 2.45) is 0 Å². The van der Waals surface area contributed by atoms with Crippen LogP contribution in [0.3, 0.4) is 0 Å². The molecule has 5 heteroatoms. The van der Waals surface area contributed by atoms with Gasteiger partial charge in [-0.05, 0) is 67.5 Å². The van der Waals surface area contributed by atoms with E-state index < -0.39 is 0 Å². The molecule has 3 aromatic rings. The summed E-state index contributed by atoms with van der Waals surface area (Å²) in [4.78, 5) is 15.2. The fourth-order valence-corrected chi connectivity index (χ4v) is 4.32. The normalized spacial score (nSPS) is 12.1. The van der Waals surface area contributed by atoms with Gasteiger partial charge in [0.1, 0.15) is 11.5 Å². The van der Waals surface area contributed by atoms with E-state index in [9.17, 15) is 4.79 Å². The van der Waals surface area contributed by atoms with E-state index in [-0.39, 0.29) is 5.78 Å². The molecule has 0 saturated carbocycles. The molecule has 1 N–H and O–H groups in total. The van der Waals surface area contributed by atoms with Crippen molar-refractivity contribution in [2.75, 3.05) is 18.5 Å². The highest BCUT2D eigenvalue weighted by Gasteiger charge is 2.16. The SMILES string of the molecule is CCCOc1ccc(/C=C/C(=O)c2ccc3c(c2)Nc2ccccc2S3)c(OCCC)c1. The van der Waals surface area contributed by atoms with Gasteiger partial charge in [0.25, 0.3) is 0 Å². The minimum absolute atomic E-state index is 0.0498. The number of allylic oxidation sites excluding steroid dienone is 1. The van der Waals surface area contributed by atoms with Gasteiger partial charge in [-0.25, -0.2) is 0 Å². The molecule has 1 aliphatic rings. The maximum Gasteiger partial charge on any atom is 0.185 e. The van der Waals surface area contributed by atoms with Crippen LogP contribution in [0.1, 0.15) is 42.6 Å². The standard InChI is InChI=1S/C27H27NO3S/c1-3-15-30-21-12-9-19(25(18-21)31-16-4-2)10-13-24(29)20-11-14-27-23(17-20)28-22-7-5-6-8-26(22)32-27/h5-14,17-18,28H,3-4,15-16H2,1-2H3/b13-10+. The van der Waals surface area contributed by atoms with Gasteiger partial charge < -0.3 is 14.8 Å². The second-order valence-electron chi connectivity index (χ2n) is 7.53. The molecule has 0 bridgehead atoms. The first-order valence-corrected chi connectivity index (χ1v) is 11.8. The number of nitrogens with one attached hydrogen (secondary N) is 1. The number of benzene rings is 3. The largest absolute Gasteiger partial charge is 0.493 e. The Morgan fingerprint density at radius 2 is 1.69 bits per heavy atom. The quantitative estimate of drug-likeness (QED) is 0.215. The van der Waals surface area contributed by atoms with Crippen LogP contribution in [0, 0.1) is 0 Å². The molecule has 1 heterocycles. The maximum absolute atomic E-state index is 12.9. The Kier molecular flexibility index (Phi) is 7.17. The van der Waals surface area contributed by atoms with E-state index in [1.165, 1.54) is 4.90 Å². The molecule has 4 nitrogen and oxygen atoms in total. The van der Waals surface area contributed by atoms with Gasteiger partial charge in [-0.2, -0.15) is 0 Å². The van der Waals surface area contributed by atoms with Crippen LogP contribution in [0.5, 0.6) is 11.5 Å². The third-order valence-electron chi connectivity index (χ3n) is 4.97. The molecule has 0 radical (unpaired) electrons. The Morgan fingerprint density at radius 3 is 2.53 bits per heavy atom. The van der Waals surface area contributed by atoms with Crippen molar-refractivity contribution in [3.63, 3.8) is 0 Å². The van der Waals surface area contributed by atoms with Crippen molar-refractivity contribution in [3.8, 4) is 11.5 Å². The number of rotatable bonds is 9. The van der Waals surface area contributed by atoms with Crippen LogP contribution in [0.2, 0.25) is 0 Å². The summed E-state index contributed by atoms with van der Waals surface area (Å²) in [5.74, 6) is 1.45. The first-order chi connectivity index (χ1) is 15.7. The number of hydrogen-bond acceptors (Lipinski definition) is 5. The van der Waals surface area contributed by atoms with Gasteiger partial charge in [0, 0.05) is 27.0 Å². The highest BCUT2D eigenvalue weighted by atomic mass is 32.2. The Balaban J connectivity index is 1.52. The minimum Gasteiger partial charge on any atom is -0.493 e. The van der Waals surface area contributed by atoms with Gasteiger partial charge >= 0.3 is 0 Å². The Morgan fingerprint density at radius 1 is 0.906 bits per heavy atom. The van der Waals surface area contributed by atoms with Crippen molar-refractivity contribution < 1.29 is 14.3 Å². The lowest BCUT2D eigenvalue weighted by Crippen LogP contribution is -2.02. The van der Waals surface area contributed by atoms with Crippen LogP contribution >= 0.6 is 11.8 Å². The summed E-state index contributed by atoms with van der Waals surface area (Å²) in [6.45, 7) is 5.42. The van der Waals surface area contributed by atoms with E-state index in [2.05, 4.69) is 25.2 Å². The zero-order chi connectivity index (χ0) is 22.3. The van der Waals surface area contributed by atoms with Crippen molar-refractivity contribution in [3.05, 3.63) is 77.9 Å². The summed E-state index contributed by atoms with van der Waals surface area (Å²) >= 11 is 1.71. The lowest BCUT2D eigenvalue weighted by molar-refractivity contribution is 0.104. The topological polar surface area (TPSA) is 47.6 Å². The molecule has 3 aromatic carbocycles. The first-order valence-electron chi connectivity index (χ1n) is 11.0. The molecular formula is C27H27NO3S. The minimum atomic E-state index is -0.0498. The molecule has 0 fully saturated rings. The number of carbonyl (C=O) groups excluding carboxylic acids is 1. The molecule has 32 heavy (non-hydrogen) atoms. The molecule has 0 spiro atoms. The molecule has 0 atom stereocenters. The van der Waals surface area contributed by atoms with E-state index >= 15 is 0 Å². The van der Waals surface area contributed by atoms with E-state index in [1.807, 2.05) is 60.7 Å². The average Bonchev–Trinajstić information content (AvgIpc) is 2.83. The van der Waals surface area contributed by atoms with Gasteiger partial charge in [0.05, 0.1) is 24.6 Å². The maximum atomic E-state index is 12.9. The number of fused-ring (bicyclic) bond motifs is 2. The molecule has 0 amide bonds. The third-order valence-corrected chi connectivity index (χ3v) is 6.13. The average molecular weight is 446 g/mol. The smallest absolute Gasteiger partial charge is 0.185 e. The summed E-state index contributed by atoms with van der Waals surface area (Å²) < 4.78 is 11.6. The lowest BCUT2D eigenvalue weighted by atomic mass is 10.1. The second-order valence-corrected chi connectivity index (χ2v) is 8.61. The number of ketones is 1. The van der Waals surface area contributed by atoms with Crippen LogP contribution in [0.15, 0.2) is 76.5 Å². The van der Waals surface area contributed by atoms with Gasteiger partial charge in [-0.15, -0.1) is 0 Å². The van der Waals surface area contributed by atoms with Crippen LogP contribution < -0.4 is 14.8 Å². The van der Waals surface area contributed by atoms with Crippen molar-refractivity contribution in [1.82, 2.24) is 0 Å². The number of ether oxygens (including phenoxy) is 2. The number of carbonyl (C=O) groups is 1. The third kappa shape index (κ3) is 5.17. The monoisotopic (exact) mass is 445 g/mol. The lowest BCUT2D eigenvalue weighted by Gasteiger charge is -2.20. The molecular weight excluding hydrogens is 418 g/mol. The predicted octanol–water partition coefficient (Wildman–Crippen LogP) is 7.37. The van der Waals surface area contributed by atoms with Crippen LogP contribution in [0.25, 0.3) is 6.08 Å². The number of para-hydroxylation sites is 1. The fraction of sp³-hybridized carbons (Fsp3) is 0.222. The Bertz CT molecular complexity index is 1140. The molecule has 0 unspecified atom stereocenters. The highest BCUT2D eigenvalue weighted by molar-refractivity contribution is 7.99. The van der Waals surface area contributed by atoms with Crippen LogP contribution in [-0.2, 0) is 0 Å². The van der Waals surface area contributed by atoms with Gasteiger partial charge in [0.2, 0.25) is 0 Å². The van der Waals surface area contributed by atoms with Crippen molar-refractivity contribution >= 4 is 35.0 Å². The fourth-order valence-electron chi connectivity index (χ4n) is 3.35. The van der Waals surface area contributed by atoms with Gasteiger partial charge in [-0.3, -0.25) is 4.79 Å². The van der Waals surface area contributed by atoms with Gasteiger partial charge in [-0.1, -0.05) is 37.7 Å². The summed E-state index contributed by atoms with van der Waals surface area (Å²) in [6, 6.07) is 19.7. The van der Waals surface area contributed by atoms with Crippen LogP contribution in [0.4, 0.5) is 11.4 Å². The predicted molar refractivity (Wildman–Crippen MR) is 132 cm³/mol. The van der Waals surface area contributed by atoms with E-state index in [4.69, 9.17) is 9.47 Å². The first kappa shape index (κ1) is 22.0. The molecule has 0 aromatic heterocycles. The molecule has 1 aliphatic heterocycles. The van der Waals surface area contributed by atoms with E-state index in [0.29, 0.717) is 18.8 Å².